The van der Waals surface area contributed by atoms with Crippen LogP contribution in [-0.2, 0) is 4.79 Å². The highest BCUT2D eigenvalue weighted by molar-refractivity contribution is 5.76. The van der Waals surface area contributed by atoms with Crippen LogP contribution in [0.5, 0.6) is 0 Å². The van der Waals surface area contributed by atoms with E-state index in [1.54, 1.807) is 0 Å². The van der Waals surface area contributed by atoms with Gasteiger partial charge >= 0.3 is 0 Å². The van der Waals surface area contributed by atoms with Gasteiger partial charge < -0.3 is 11.1 Å². The zero-order valence-electron chi connectivity index (χ0n) is 8.55. The molecule has 0 radical (unpaired) electrons. The molecule has 3 heteroatoms. The van der Waals surface area contributed by atoms with Crippen molar-refractivity contribution in [3.8, 4) is 0 Å². The van der Waals surface area contributed by atoms with E-state index in [2.05, 4.69) is 5.32 Å². The predicted molar refractivity (Wildman–Crippen MR) is 55.3 cm³/mol. The molecule has 1 atom stereocenters. The van der Waals surface area contributed by atoms with Gasteiger partial charge in [0.15, 0.2) is 0 Å². The highest BCUT2D eigenvalue weighted by Crippen LogP contribution is 1.97. The lowest BCUT2D eigenvalue weighted by molar-refractivity contribution is -0.121. The second-order valence-electron chi connectivity index (χ2n) is 3.25. The van der Waals surface area contributed by atoms with Gasteiger partial charge in [0.1, 0.15) is 0 Å². The predicted octanol–water partition coefficient (Wildman–Crippen LogP) is 1.05. The van der Waals surface area contributed by atoms with Crippen LogP contribution in [0.3, 0.4) is 0 Å². The lowest BCUT2D eigenvalue weighted by Crippen LogP contribution is -2.27. The molecule has 0 aliphatic carbocycles. The van der Waals surface area contributed by atoms with Gasteiger partial charge in [0, 0.05) is 13.0 Å². The Labute approximate surface area is 80.4 Å². The van der Waals surface area contributed by atoms with Crippen LogP contribution < -0.4 is 11.1 Å². The average Bonchev–Trinajstić information content (AvgIpc) is 2.12. The Morgan fingerprint density at radius 2 is 2.31 bits per heavy atom. The zero-order chi connectivity index (χ0) is 10.1. The van der Waals surface area contributed by atoms with Crippen LogP contribution in [0, 0.1) is 5.92 Å². The monoisotopic (exact) mass is 184 g/mol. The molecule has 0 aromatic heterocycles. The summed E-state index contributed by atoms with van der Waals surface area (Å²) in [5.74, 6) is 0.379. The highest BCUT2D eigenvalue weighted by Gasteiger charge is 2.05. The summed E-state index contributed by atoms with van der Waals surface area (Å²) >= 11 is 0. The van der Waals surface area contributed by atoms with Crippen molar-refractivity contribution in [2.24, 2.45) is 11.7 Å². The van der Waals surface area contributed by atoms with E-state index >= 15 is 0 Å². The lowest BCUT2D eigenvalue weighted by atomic mass is 10.1. The van der Waals surface area contributed by atoms with Gasteiger partial charge in [-0.3, -0.25) is 4.79 Å². The van der Waals surface area contributed by atoms with Gasteiger partial charge in [-0.2, -0.15) is 0 Å². The number of hydrogen-bond donors (Lipinski definition) is 2. The van der Waals surface area contributed by atoms with E-state index in [1.165, 1.54) is 0 Å². The minimum absolute atomic E-state index is 0.0995. The second-order valence-corrected chi connectivity index (χ2v) is 3.25. The van der Waals surface area contributed by atoms with Crippen molar-refractivity contribution in [1.29, 1.82) is 0 Å². The van der Waals surface area contributed by atoms with Crippen molar-refractivity contribution < 1.29 is 4.79 Å². The third-order valence-electron chi connectivity index (χ3n) is 1.81. The van der Waals surface area contributed by atoms with Crippen molar-refractivity contribution in [3.63, 3.8) is 0 Å². The molecule has 0 rings (SSSR count). The Kier molecular flexibility index (Phi) is 7.30. The Balaban J connectivity index is 3.40. The fourth-order valence-corrected chi connectivity index (χ4v) is 0.934. The van der Waals surface area contributed by atoms with Gasteiger partial charge in [0.2, 0.25) is 5.91 Å². The summed E-state index contributed by atoms with van der Waals surface area (Å²) in [4.78, 5) is 11.2. The first-order valence-electron chi connectivity index (χ1n) is 4.78. The number of amides is 1. The molecule has 0 aliphatic heterocycles. The fourth-order valence-electron chi connectivity index (χ4n) is 0.934. The van der Waals surface area contributed by atoms with Gasteiger partial charge in [-0.05, 0) is 25.8 Å². The van der Waals surface area contributed by atoms with Crippen molar-refractivity contribution in [3.05, 3.63) is 12.2 Å². The summed E-state index contributed by atoms with van der Waals surface area (Å²) in [6.45, 7) is 5.24. The minimum Gasteiger partial charge on any atom is -0.356 e. The number of allylic oxidation sites excluding steroid dienone is 1. The second kappa shape index (κ2) is 7.80. The number of carbonyl (C=O) groups is 1. The summed E-state index contributed by atoms with van der Waals surface area (Å²) in [6.07, 6.45) is 5.45. The maximum atomic E-state index is 11.2. The molecule has 0 heterocycles. The van der Waals surface area contributed by atoms with Crippen molar-refractivity contribution >= 4 is 5.91 Å². The summed E-state index contributed by atoms with van der Waals surface area (Å²) in [6, 6.07) is 0. The molecule has 0 aromatic carbocycles. The van der Waals surface area contributed by atoms with E-state index in [0.717, 1.165) is 13.0 Å². The van der Waals surface area contributed by atoms with Crippen LogP contribution in [0.25, 0.3) is 0 Å². The van der Waals surface area contributed by atoms with Gasteiger partial charge in [-0.15, -0.1) is 0 Å². The number of carbonyl (C=O) groups excluding carboxylic acids is 1. The van der Waals surface area contributed by atoms with Crippen LogP contribution in [-0.4, -0.2) is 19.0 Å². The van der Waals surface area contributed by atoms with Crippen LogP contribution in [0.1, 0.15) is 26.7 Å². The molecule has 0 fully saturated rings. The first-order chi connectivity index (χ1) is 6.20. The molecule has 0 spiro atoms. The average molecular weight is 184 g/mol. The molecule has 3 nitrogen and oxygen atoms in total. The number of rotatable bonds is 6. The number of nitrogens with two attached hydrogens (primary N) is 1. The Morgan fingerprint density at radius 1 is 1.62 bits per heavy atom. The van der Waals surface area contributed by atoms with Crippen LogP contribution in [0.4, 0.5) is 0 Å². The smallest absolute Gasteiger partial charge is 0.220 e. The van der Waals surface area contributed by atoms with Crippen LogP contribution in [0.15, 0.2) is 12.2 Å². The van der Waals surface area contributed by atoms with Crippen molar-refractivity contribution in [1.82, 2.24) is 5.32 Å². The summed E-state index contributed by atoms with van der Waals surface area (Å²) < 4.78 is 0. The Hall–Kier alpha value is -0.830. The topological polar surface area (TPSA) is 55.1 Å². The molecule has 1 amide bonds. The Morgan fingerprint density at radius 3 is 2.85 bits per heavy atom. The van der Waals surface area contributed by atoms with E-state index in [4.69, 9.17) is 5.73 Å². The van der Waals surface area contributed by atoms with Crippen LogP contribution in [0.2, 0.25) is 0 Å². The molecule has 0 aliphatic rings. The lowest BCUT2D eigenvalue weighted by Gasteiger charge is -2.07. The summed E-state index contributed by atoms with van der Waals surface area (Å²) in [5.41, 5.74) is 5.41. The summed E-state index contributed by atoms with van der Waals surface area (Å²) in [7, 11) is 0. The van der Waals surface area contributed by atoms with Gasteiger partial charge in [-0.1, -0.05) is 19.1 Å². The molecule has 1 unspecified atom stereocenters. The van der Waals surface area contributed by atoms with E-state index in [0.29, 0.717) is 13.0 Å². The van der Waals surface area contributed by atoms with Gasteiger partial charge in [-0.25, -0.2) is 0 Å². The summed E-state index contributed by atoms with van der Waals surface area (Å²) in [5, 5.41) is 2.84. The quantitative estimate of drug-likeness (QED) is 0.479. The molecule has 76 valence electrons. The zero-order valence-corrected chi connectivity index (χ0v) is 8.55. The fraction of sp³-hybridized carbons (Fsp3) is 0.700. The normalized spacial score (nSPS) is 13.2. The minimum atomic E-state index is 0.0995. The molecule has 0 saturated carbocycles. The number of nitrogens with one attached hydrogen (secondary N) is 1. The van der Waals surface area contributed by atoms with Crippen LogP contribution >= 0.6 is 0 Å². The molecule has 0 bridgehead atoms. The molecule has 3 N–H and O–H groups in total. The van der Waals surface area contributed by atoms with E-state index in [1.807, 2.05) is 26.0 Å². The third-order valence-corrected chi connectivity index (χ3v) is 1.81. The SMILES string of the molecule is C/C=C/CCNC(=O)CC(C)CN. The molecule has 13 heavy (non-hydrogen) atoms. The standard InChI is InChI=1S/C10H20N2O/c1-3-4-5-6-12-10(13)7-9(2)8-11/h3-4,9H,5-8,11H2,1-2H3,(H,12,13)/b4-3+. The molecular formula is C10H20N2O. The first kappa shape index (κ1) is 12.2. The van der Waals surface area contributed by atoms with E-state index < -0.39 is 0 Å². The molecule has 0 saturated heterocycles. The number of hydrogen-bond acceptors (Lipinski definition) is 2. The van der Waals surface area contributed by atoms with E-state index in [9.17, 15) is 4.79 Å². The maximum Gasteiger partial charge on any atom is 0.220 e. The molecular weight excluding hydrogens is 164 g/mol. The van der Waals surface area contributed by atoms with Crippen molar-refractivity contribution in [2.75, 3.05) is 13.1 Å². The van der Waals surface area contributed by atoms with Gasteiger partial charge in [0.05, 0.1) is 0 Å². The molecule has 0 aromatic rings. The maximum absolute atomic E-state index is 11.2. The third kappa shape index (κ3) is 7.53. The van der Waals surface area contributed by atoms with Gasteiger partial charge in [0.25, 0.3) is 0 Å². The Bertz CT molecular complexity index is 166. The van der Waals surface area contributed by atoms with E-state index in [-0.39, 0.29) is 11.8 Å². The highest BCUT2D eigenvalue weighted by atomic mass is 16.1. The van der Waals surface area contributed by atoms with Crippen molar-refractivity contribution in [2.45, 2.75) is 26.7 Å². The largest absolute Gasteiger partial charge is 0.356 e. The first-order valence-corrected chi connectivity index (χ1v) is 4.78.